The average molecular weight is 424 g/mol. The molecule has 0 aromatic heterocycles. The Morgan fingerprint density at radius 3 is 2.42 bits per heavy atom. The van der Waals surface area contributed by atoms with E-state index in [-0.39, 0.29) is 11.8 Å². The SMILES string of the molecule is CCCCC(=O)Nc1ccc(N(C)C)c(CN(CC(C)C)C(=O)c2cccc(C)c2)c1. The number of carbonyl (C=O) groups excluding carboxylic acids is 2. The molecule has 0 heterocycles. The normalized spacial score (nSPS) is 10.8. The molecule has 2 aromatic carbocycles. The highest BCUT2D eigenvalue weighted by molar-refractivity contribution is 5.94. The predicted octanol–water partition coefficient (Wildman–Crippen LogP) is 5.49. The van der Waals surface area contributed by atoms with E-state index in [1.807, 2.05) is 73.3 Å². The zero-order valence-electron chi connectivity index (χ0n) is 19.9. The summed E-state index contributed by atoms with van der Waals surface area (Å²) in [6.45, 7) is 9.45. The summed E-state index contributed by atoms with van der Waals surface area (Å²) in [4.78, 5) is 29.5. The second-order valence-corrected chi connectivity index (χ2v) is 8.84. The molecular weight excluding hydrogens is 386 g/mol. The minimum Gasteiger partial charge on any atom is -0.377 e. The summed E-state index contributed by atoms with van der Waals surface area (Å²) in [7, 11) is 3.99. The molecule has 0 aliphatic heterocycles. The minimum atomic E-state index is 0.0273. The quantitative estimate of drug-likeness (QED) is 0.550. The van der Waals surface area contributed by atoms with Crippen LogP contribution >= 0.6 is 0 Å². The van der Waals surface area contributed by atoms with Crippen LogP contribution in [0, 0.1) is 12.8 Å². The average Bonchev–Trinajstić information content (AvgIpc) is 2.71. The number of anilines is 2. The molecule has 0 saturated carbocycles. The molecule has 0 aliphatic rings. The van der Waals surface area contributed by atoms with Gasteiger partial charge < -0.3 is 15.1 Å². The van der Waals surface area contributed by atoms with E-state index in [2.05, 4.69) is 26.1 Å². The number of rotatable bonds is 10. The molecule has 168 valence electrons. The molecule has 0 radical (unpaired) electrons. The first-order valence-electron chi connectivity index (χ1n) is 11.2. The largest absolute Gasteiger partial charge is 0.377 e. The highest BCUT2D eigenvalue weighted by atomic mass is 16.2. The summed E-state index contributed by atoms with van der Waals surface area (Å²) >= 11 is 0. The van der Waals surface area contributed by atoms with Crippen LogP contribution < -0.4 is 10.2 Å². The Labute approximate surface area is 187 Å². The number of nitrogens with one attached hydrogen (secondary N) is 1. The number of carbonyl (C=O) groups is 2. The lowest BCUT2D eigenvalue weighted by Gasteiger charge is -2.28. The maximum absolute atomic E-state index is 13.3. The van der Waals surface area contributed by atoms with Crippen LogP contribution in [0.15, 0.2) is 42.5 Å². The number of amides is 2. The van der Waals surface area contributed by atoms with Crippen molar-refractivity contribution < 1.29 is 9.59 Å². The van der Waals surface area contributed by atoms with Crippen LogP contribution in [0.2, 0.25) is 0 Å². The summed E-state index contributed by atoms with van der Waals surface area (Å²) in [6, 6.07) is 13.7. The fraction of sp³-hybridized carbons (Fsp3) is 0.462. The fourth-order valence-corrected chi connectivity index (χ4v) is 3.61. The third-order valence-electron chi connectivity index (χ3n) is 5.10. The lowest BCUT2D eigenvalue weighted by atomic mass is 10.1. The van der Waals surface area contributed by atoms with Crippen LogP contribution in [0.5, 0.6) is 0 Å². The van der Waals surface area contributed by atoms with E-state index in [9.17, 15) is 9.59 Å². The van der Waals surface area contributed by atoms with E-state index in [0.29, 0.717) is 31.0 Å². The Kier molecular flexibility index (Phi) is 9.10. The molecule has 0 unspecified atom stereocenters. The van der Waals surface area contributed by atoms with Gasteiger partial charge >= 0.3 is 0 Å². The highest BCUT2D eigenvalue weighted by Gasteiger charge is 2.20. The molecule has 0 aliphatic carbocycles. The molecule has 5 nitrogen and oxygen atoms in total. The van der Waals surface area contributed by atoms with Crippen molar-refractivity contribution in [3.8, 4) is 0 Å². The van der Waals surface area contributed by atoms with Gasteiger partial charge in [-0.05, 0) is 55.2 Å². The van der Waals surface area contributed by atoms with Crippen LogP contribution in [0.3, 0.4) is 0 Å². The monoisotopic (exact) mass is 423 g/mol. The second kappa shape index (κ2) is 11.5. The van der Waals surface area contributed by atoms with Crippen molar-refractivity contribution in [1.82, 2.24) is 4.90 Å². The molecule has 5 heteroatoms. The van der Waals surface area contributed by atoms with Gasteiger partial charge in [0.05, 0.1) is 0 Å². The molecule has 2 amide bonds. The summed E-state index contributed by atoms with van der Waals surface area (Å²) in [5.41, 5.74) is 4.60. The van der Waals surface area contributed by atoms with Crippen molar-refractivity contribution in [2.45, 2.75) is 53.5 Å². The van der Waals surface area contributed by atoms with Gasteiger partial charge in [0.2, 0.25) is 5.91 Å². The summed E-state index contributed by atoms with van der Waals surface area (Å²) in [5.74, 6) is 0.397. The molecular formula is C26H37N3O2. The van der Waals surface area contributed by atoms with Gasteiger partial charge in [-0.3, -0.25) is 9.59 Å². The smallest absolute Gasteiger partial charge is 0.254 e. The molecule has 1 N–H and O–H groups in total. The van der Waals surface area contributed by atoms with Crippen LogP contribution in [0.1, 0.15) is 61.5 Å². The summed E-state index contributed by atoms with van der Waals surface area (Å²) in [5, 5.41) is 3.00. The van der Waals surface area contributed by atoms with Crippen LogP contribution in [0.4, 0.5) is 11.4 Å². The molecule has 0 atom stereocenters. The lowest BCUT2D eigenvalue weighted by Crippen LogP contribution is -2.34. The molecule has 0 bridgehead atoms. The van der Waals surface area contributed by atoms with Crippen molar-refractivity contribution in [2.24, 2.45) is 5.92 Å². The first-order valence-corrected chi connectivity index (χ1v) is 11.2. The third-order valence-corrected chi connectivity index (χ3v) is 5.10. The van der Waals surface area contributed by atoms with E-state index < -0.39 is 0 Å². The minimum absolute atomic E-state index is 0.0273. The summed E-state index contributed by atoms with van der Waals surface area (Å²) in [6.07, 6.45) is 2.39. The van der Waals surface area contributed by atoms with E-state index in [1.54, 1.807) is 0 Å². The zero-order chi connectivity index (χ0) is 23.0. The van der Waals surface area contributed by atoms with Crippen molar-refractivity contribution in [3.63, 3.8) is 0 Å². The zero-order valence-corrected chi connectivity index (χ0v) is 19.9. The molecule has 0 fully saturated rings. The molecule has 0 spiro atoms. The van der Waals surface area contributed by atoms with E-state index in [0.717, 1.165) is 35.3 Å². The first-order chi connectivity index (χ1) is 14.7. The molecule has 2 rings (SSSR count). The standard InChI is InChI=1S/C26H37N3O2/c1-7-8-12-25(30)27-23-13-14-24(28(5)6)22(16-23)18-29(17-19(2)3)26(31)21-11-9-10-20(4)15-21/h9-11,13-16,19H,7-8,12,17-18H2,1-6H3,(H,27,30). The van der Waals surface area contributed by atoms with Gasteiger partial charge in [-0.2, -0.15) is 0 Å². The lowest BCUT2D eigenvalue weighted by molar-refractivity contribution is -0.116. The molecule has 2 aromatic rings. The number of benzene rings is 2. The maximum Gasteiger partial charge on any atom is 0.254 e. The summed E-state index contributed by atoms with van der Waals surface area (Å²) < 4.78 is 0. The number of aryl methyl sites for hydroxylation is 1. The third kappa shape index (κ3) is 7.42. The van der Waals surface area contributed by atoms with Gasteiger partial charge in [-0.15, -0.1) is 0 Å². The van der Waals surface area contributed by atoms with Crippen molar-refractivity contribution in [3.05, 3.63) is 59.2 Å². The van der Waals surface area contributed by atoms with Gasteiger partial charge in [0.25, 0.3) is 5.91 Å². The Hall–Kier alpha value is -2.82. The predicted molar refractivity (Wildman–Crippen MR) is 130 cm³/mol. The topological polar surface area (TPSA) is 52.7 Å². The van der Waals surface area contributed by atoms with Gasteiger partial charge in [0, 0.05) is 50.5 Å². The van der Waals surface area contributed by atoms with Crippen molar-refractivity contribution in [1.29, 1.82) is 0 Å². The second-order valence-electron chi connectivity index (χ2n) is 8.84. The Morgan fingerprint density at radius 2 is 1.81 bits per heavy atom. The Balaban J connectivity index is 2.33. The fourth-order valence-electron chi connectivity index (χ4n) is 3.61. The van der Waals surface area contributed by atoms with Gasteiger partial charge in [0.1, 0.15) is 0 Å². The van der Waals surface area contributed by atoms with Gasteiger partial charge in [-0.25, -0.2) is 0 Å². The van der Waals surface area contributed by atoms with E-state index in [4.69, 9.17) is 0 Å². The van der Waals surface area contributed by atoms with Crippen molar-refractivity contribution in [2.75, 3.05) is 30.9 Å². The van der Waals surface area contributed by atoms with Crippen LogP contribution in [-0.2, 0) is 11.3 Å². The molecule has 31 heavy (non-hydrogen) atoms. The number of hydrogen-bond acceptors (Lipinski definition) is 3. The number of nitrogens with zero attached hydrogens (tertiary/aromatic N) is 2. The Bertz CT molecular complexity index is 890. The number of hydrogen-bond donors (Lipinski definition) is 1. The van der Waals surface area contributed by atoms with Crippen LogP contribution in [0.25, 0.3) is 0 Å². The van der Waals surface area contributed by atoms with E-state index >= 15 is 0 Å². The van der Waals surface area contributed by atoms with E-state index in [1.165, 1.54) is 0 Å². The van der Waals surface area contributed by atoms with Crippen LogP contribution in [-0.4, -0.2) is 37.4 Å². The first kappa shape index (κ1) is 24.4. The Morgan fingerprint density at radius 1 is 1.06 bits per heavy atom. The number of unbranched alkanes of at least 4 members (excludes halogenated alkanes) is 1. The maximum atomic E-state index is 13.3. The molecule has 0 saturated heterocycles. The highest BCUT2D eigenvalue weighted by Crippen LogP contribution is 2.26. The van der Waals surface area contributed by atoms with Crippen molar-refractivity contribution >= 4 is 23.2 Å². The van der Waals surface area contributed by atoms with Gasteiger partial charge in [0.15, 0.2) is 0 Å². The van der Waals surface area contributed by atoms with Gasteiger partial charge in [-0.1, -0.05) is 44.9 Å².